The molecule has 0 aromatic heterocycles. The fourth-order valence-electron chi connectivity index (χ4n) is 1.73. The lowest BCUT2D eigenvalue weighted by Crippen LogP contribution is -2.54. The predicted octanol–water partition coefficient (Wildman–Crippen LogP) is 8.22. The highest BCUT2D eigenvalue weighted by atomic mass is 80.0. The zero-order valence-corrected chi connectivity index (χ0v) is 25.3. The van der Waals surface area contributed by atoms with E-state index in [1.54, 1.807) is 0 Å². The highest BCUT2D eigenvalue weighted by Gasteiger charge is 2.64. The third kappa shape index (κ3) is 6.12. The maximum atomic E-state index is 5.82. The first-order valence-electron chi connectivity index (χ1n) is 6.26. The molecule has 1 aliphatic rings. The zero-order chi connectivity index (χ0) is 17.2. The van der Waals surface area contributed by atoms with Gasteiger partial charge in [-0.2, -0.15) is 0 Å². The SMILES string of the molecule is BrC(Br)(Br)C(Br)(Br)C(Br)(Br)C(Br)(Br)CCOC1CCCCO1. The highest BCUT2D eigenvalue weighted by molar-refractivity contribution is 9.42. The van der Waals surface area contributed by atoms with Gasteiger partial charge in [-0.1, -0.05) is 143 Å². The minimum atomic E-state index is -0.658. The number of halogens is 9. The molecule has 1 rings (SSSR count). The molecule has 1 unspecified atom stereocenters. The molecule has 0 aliphatic carbocycles. The van der Waals surface area contributed by atoms with Crippen LogP contribution in [0.25, 0.3) is 0 Å². The van der Waals surface area contributed by atoms with Crippen molar-refractivity contribution in [2.75, 3.05) is 13.2 Å². The van der Waals surface area contributed by atoms with Gasteiger partial charge in [0.1, 0.15) is 9.70 Å². The average Bonchev–Trinajstić information content (AvgIpc) is 2.38. The zero-order valence-electron chi connectivity index (χ0n) is 11.0. The quantitative estimate of drug-likeness (QED) is 0.251. The summed E-state index contributed by atoms with van der Waals surface area (Å²) in [6, 6.07) is 0. The van der Waals surface area contributed by atoms with E-state index in [0.717, 1.165) is 25.9 Å². The van der Waals surface area contributed by atoms with Crippen molar-refractivity contribution >= 4 is 143 Å². The largest absolute Gasteiger partial charge is 0.353 e. The van der Waals surface area contributed by atoms with Gasteiger partial charge in [0.05, 0.1) is 6.61 Å². The number of alkyl halides is 9. The third-order valence-corrected chi connectivity index (χ3v) is 19.2. The molecule has 0 spiro atoms. The summed E-state index contributed by atoms with van der Waals surface area (Å²) in [6.07, 6.45) is 3.83. The van der Waals surface area contributed by atoms with E-state index in [1.165, 1.54) is 0 Å². The number of ether oxygens (including phenoxy) is 2. The molecule has 0 radical (unpaired) electrons. The van der Waals surface area contributed by atoms with E-state index >= 15 is 0 Å². The third-order valence-electron chi connectivity index (χ3n) is 3.07. The van der Waals surface area contributed by atoms with Crippen molar-refractivity contribution < 1.29 is 9.47 Å². The van der Waals surface area contributed by atoms with Crippen molar-refractivity contribution in [2.24, 2.45) is 0 Å². The van der Waals surface area contributed by atoms with Crippen LogP contribution in [0.1, 0.15) is 25.7 Å². The predicted molar refractivity (Wildman–Crippen MR) is 125 cm³/mol. The second-order valence-electron chi connectivity index (χ2n) is 4.77. The Labute approximate surface area is 206 Å². The number of hydrogen-bond acceptors (Lipinski definition) is 2. The lowest BCUT2D eigenvalue weighted by Gasteiger charge is -2.47. The van der Waals surface area contributed by atoms with E-state index in [9.17, 15) is 0 Å². The van der Waals surface area contributed by atoms with Gasteiger partial charge < -0.3 is 9.47 Å². The molecule has 1 heterocycles. The fraction of sp³-hybridized carbons (Fsp3) is 1.00. The molecule has 2 nitrogen and oxygen atoms in total. The Kier molecular flexibility index (Phi) is 10.6. The van der Waals surface area contributed by atoms with Crippen LogP contribution in [0.3, 0.4) is 0 Å². The maximum absolute atomic E-state index is 5.82. The summed E-state index contributed by atoms with van der Waals surface area (Å²) in [5.74, 6) is 0. The van der Waals surface area contributed by atoms with Crippen LogP contribution in [0.5, 0.6) is 0 Å². The first kappa shape index (κ1) is 24.3. The topological polar surface area (TPSA) is 18.5 Å². The lowest BCUT2D eigenvalue weighted by atomic mass is 10.2. The Morgan fingerprint density at radius 3 is 1.91 bits per heavy atom. The summed E-state index contributed by atoms with van der Waals surface area (Å²) in [5, 5.41) is 0. The van der Waals surface area contributed by atoms with Gasteiger partial charge in [0.15, 0.2) is 8.43 Å². The number of rotatable bonds is 6. The normalized spacial score (nSPS) is 22.0. The molecule has 1 atom stereocenters. The molecule has 11 heteroatoms. The molecule has 0 aromatic carbocycles. The molecule has 132 valence electrons. The Balaban J connectivity index is 2.66. The summed E-state index contributed by atoms with van der Waals surface area (Å²) in [5.41, 5.74) is 0. The molecule has 1 fully saturated rings. The maximum Gasteiger partial charge on any atom is 0.162 e. The van der Waals surface area contributed by atoms with Crippen LogP contribution in [0.15, 0.2) is 0 Å². The summed E-state index contributed by atoms with van der Waals surface area (Å²) >= 11 is 33.0. The second-order valence-corrected chi connectivity index (χ2v) is 22.2. The van der Waals surface area contributed by atoms with Crippen molar-refractivity contribution in [1.29, 1.82) is 0 Å². The van der Waals surface area contributed by atoms with E-state index in [4.69, 9.17) is 9.47 Å². The van der Waals surface area contributed by atoms with Crippen LogP contribution in [0, 0.1) is 0 Å². The first-order valence-corrected chi connectivity index (χ1v) is 13.4. The van der Waals surface area contributed by atoms with Crippen molar-refractivity contribution in [1.82, 2.24) is 0 Å². The van der Waals surface area contributed by atoms with Crippen molar-refractivity contribution in [3.63, 3.8) is 0 Å². The molecule has 0 aromatic rings. The summed E-state index contributed by atoms with van der Waals surface area (Å²) in [6.45, 7) is 1.33. The van der Waals surface area contributed by atoms with Gasteiger partial charge in [0.2, 0.25) is 0 Å². The van der Waals surface area contributed by atoms with E-state index in [0.29, 0.717) is 13.0 Å². The van der Waals surface area contributed by atoms with E-state index < -0.39 is 11.8 Å². The molecule has 22 heavy (non-hydrogen) atoms. The van der Waals surface area contributed by atoms with E-state index in [-0.39, 0.29) is 6.29 Å². The average molecular weight is 896 g/mol. The van der Waals surface area contributed by atoms with Crippen molar-refractivity contribution in [3.8, 4) is 0 Å². The minimum absolute atomic E-state index is 0.0927. The Morgan fingerprint density at radius 1 is 0.864 bits per heavy atom. The molecular weight excluding hydrogens is 883 g/mol. The van der Waals surface area contributed by atoms with Gasteiger partial charge in [-0.05, 0) is 25.7 Å². The van der Waals surface area contributed by atoms with Crippen LogP contribution < -0.4 is 0 Å². The van der Waals surface area contributed by atoms with Gasteiger partial charge in [0.25, 0.3) is 0 Å². The van der Waals surface area contributed by atoms with E-state index in [1.807, 2.05) is 0 Å². The Morgan fingerprint density at radius 2 is 1.45 bits per heavy atom. The molecular formula is C11H13Br9O2. The Hall–Kier alpha value is 4.24. The summed E-state index contributed by atoms with van der Waals surface area (Å²) in [4.78, 5) is 0. The van der Waals surface area contributed by atoms with Gasteiger partial charge in [-0.3, -0.25) is 0 Å². The standard InChI is InChI=1S/C11H13Br9O2/c12-8(13,4-6-22-7-3-1-2-5-21-7)9(14,15)10(16,17)11(18,19)20/h7H,1-6H2. The molecule has 0 N–H and O–H groups in total. The van der Waals surface area contributed by atoms with Crippen molar-refractivity contribution in [2.45, 2.75) is 43.8 Å². The van der Waals surface area contributed by atoms with Crippen LogP contribution in [0.4, 0.5) is 0 Å². The summed E-state index contributed by atoms with van der Waals surface area (Å²) < 4.78 is 8.96. The smallest absolute Gasteiger partial charge is 0.162 e. The van der Waals surface area contributed by atoms with Crippen molar-refractivity contribution in [3.05, 3.63) is 0 Å². The molecule has 0 bridgehead atoms. The molecule has 0 saturated carbocycles. The Bertz CT molecular complexity index is 361. The fourth-order valence-corrected chi connectivity index (χ4v) is 7.86. The molecule has 0 amide bonds. The van der Waals surface area contributed by atoms with E-state index in [2.05, 4.69) is 143 Å². The minimum Gasteiger partial charge on any atom is -0.353 e. The summed E-state index contributed by atoms with van der Waals surface area (Å²) in [7, 11) is 0. The second kappa shape index (κ2) is 9.63. The van der Waals surface area contributed by atoms with Crippen LogP contribution in [0.2, 0.25) is 0 Å². The van der Waals surface area contributed by atoms with Gasteiger partial charge in [-0.15, -0.1) is 0 Å². The van der Waals surface area contributed by atoms with Crippen LogP contribution >= 0.6 is 143 Å². The molecule has 1 aliphatic heterocycles. The monoisotopic (exact) mass is 887 g/mol. The van der Waals surface area contributed by atoms with Gasteiger partial charge >= 0.3 is 0 Å². The van der Waals surface area contributed by atoms with Gasteiger partial charge in [0, 0.05) is 6.61 Å². The number of hydrogen-bond donors (Lipinski definition) is 0. The molecule has 1 saturated heterocycles. The van der Waals surface area contributed by atoms with Crippen LogP contribution in [-0.4, -0.2) is 31.3 Å². The van der Waals surface area contributed by atoms with Crippen LogP contribution in [-0.2, 0) is 9.47 Å². The first-order chi connectivity index (χ1) is 9.83. The van der Waals surface area contributed by atoms with Gasteiger partial charge in [-0.25, -0.2) is 0 Å². The highest BCUT2D eigenvalue weighted by Crippen LogP contribution is 2.68. The lowest BCUT2D eigenvalue weighted by molar-refractivity contribution is -0.162.